The number of hydrogen-bond acceptors (Lipinski definition) is 6. The SMILES string of the molecule is COc1cccc(OC)c1OCCCCNC(C)(C)C.O=C(O)C(=O)O. The summed E-state index contributed by atoms with van der Waals surface area (Å²) in [5.74, 6) is -1.55. The number of carbonyl (C=O) groups is 2. The summed E-state index contributed by atoms with van der Waals surface area (Å²) in [5.41, 5.74) is 0.173. The van der Waals surface area contributed by atoms with Crippen molar-refractivity contribution in [3.63, 3.8) is 0 Å². The van der Waals surface area contributed by atoms with Crippen LogP contribution in [-0.4, -0.2) is 55.1 Å². The summed E-state index contributed by atoms with van der Waals surface area (Å²) in [6, 6.07) is 5.63. The Morgan fingerprint density at radius 2 is 1.50 bits per heavy atom. The van der Waals surface area contributed by atoms with Gasteiger partial charge in [0.05, 0.1) is 20.8 Å². The molecule has 0 amide bonds. The Labute approximate surface area is 154 Å². The maximum atomic E-state index is 9.10. The number of methoxy groups -OCH3 is 2. The van der Waals surface area contributed by atoms with Crippen molar-refractivity contribution >= 4 is 11.9 Å². The van der Waals surface area contributed by atoms with Gasteiger partial charge in [-0.3, -0.25) is 0 Å². The van der Waals surface area contributed by atoms with Crippen LogP contribution in [0.3, 0.4) is 0 Å². The number of benzene rings is 1. The number of carboxylic acids is 2. The molecule has 0 saturated heterocycles. The first-order valence-electron chi connectivity index (χ1n) is 8.17. The van der Waals surface area contributed by atoms with Gasteiger partial charge < -0.3 is 29.7 Å². The molecule has 0 radical (unpaired) electrons. The number of nitrogens with one attached hydrogen (secondary N) is 1. The molecule has 0 bridgehead atoms. The summed E-state index contributed by atoms with van der Waals surface area (Å²) in [5, 5.41) is 18.2. The molecule has 26 heavy (non-hydrogen) atoms. The first-order chi connectivity index (χ1) is 12.1. The summed E-state index contributed by atoms with van der Waals surface area (Å²) in [7, 11) is 3.27. The Bertz CT molecular complexity index is 533. The number of aliphatic carboxylic acids is 2. The van der Waals surface area contributed by atoms with Crippen molar-refractivity contribution in [3.8, 4) is 17.2 Å². The number of unbranched alkanes of at least 4 members (excludes halogenated alkanes) is 1. The molecule has 0 aliphatic heterocycles. The summed E-state index contributed by atoms with van der Waals surface area (Å²) in [6.07, 6.45) is 2.07. The number of para-hydroxylation sites is 1. The van der Waals surface area contributed by atoms with Crippen LogP contribution in [0.5, 0.6) is 17.2 Å². The highest BCUT2D eigenvalue weighted by atomic mass is 16.5. The molecule has 1 rings (SSSR count). The average molecular weight is 371 g/mol. The van der Waals surface area contributed by atoms with Gasteiger partial charge in [0.15, 0.2) is 11.5 Å². The topological polar surface area (TPSA) is 114 Å². The predicted molar refractivity (Wildman–Crippen MR) is 97.3 cm³/mol. The highest BCUT2D eigenvalue weighted by Crippen LogP contribution is 2.36. The van der Waals surface area contributed by atoms with Gasteiger partial charge in [-0.05, 0) is 52.3 Å². The van der Waals surface area contributed by atoms with E-state index in [0.29, 0.717) is 23.9 Å². The van der Waals surface area contributed by atoms with Gasteiger partial charge in [-0.1, -0.05) is 6.07 Å². The van der Waals surface area contributed by atoms with Crippen molar-refractivity contribution in [1.82, 2.24) is 5.32 Å². The van der Waals surface area contributed by atoms with Crippen LogP contribution in [0.15, 0.2) is 18.2 Å². The van der Waals surface area contributed by atoms with E-state index < -0.39 is 11.9 Å². The molecule has 0 atom stereocenters. The molecule has 1 aromatic carbocycles. The van der Waals surface area contributed by atoms with Crippen molar-refractivity contribution in [3.05, 3.63) is 18.2 Å². The zero-order chi connectivity index (χ0) is 20.2. The zero-order valence-corrected chi connectivity index (χ0v) is 16.0. The minimum atomic E-state index is -1.82. The summed E-state index contributed by atoms with van der Waals surface area (Å²) < 4.78 is 16.4. The molecular weight excluding hydrogens is 342 g/mol. The molecular formula is C18H29NO7. The fraction of sp³-hybridized carbons (Fsp3) is 0.556. The molecule has 0 aliphatic carbocycles. The van der Waals surface area contributed by atoms with E-state index in [1.54, 1.807) is 14.2 Å². The van der Waals surface area contributed by atoms with Gasteiger partial charge in [-0.25, -0.2) is 9.59 Å². The van der Waals surface area contributed by atoms with Gasteiger partial charge in [0.2, 0.25) is 5.75 Å². The third-order valence-electron chi connectivity index (χ3n) is 3.04. The number of carboxylic acid groups (broad SMARTS) is 2. The lowest BCUT2D eigenvalue weighted by molar-refractivity contribution is -0.159. The molecule has 8 heteroatoms. The molecule has 0 spiro atoms. The number of rotatable bonds is 8. The van der Waals surface area contributed by atoms with E-state index in [1.807, 2.05) is 18.2 Å². The van der Waals surface area contributed by atoms with Crippen molar-refractivity contribution < 1.29 is 34.0 Å². The molecule has 148 valence electrons. The average Bonchev–Trinajstić information content (AvgIpc) is 2.57. The second-order valence-corrected chi connectivity index (χ2v) is 6.33. The van der Waals surface area contributed by atoms with Crippen LogP contribution in [0.4, 0.5) is 0 Å². The maximum Gasteiger partial charge on any atom is 0.414 e. The second-order valence-electron chi connectivity index (χ2n) is 6.33. The number of ether oxygens (including phenoxy) is 3. The van der Waals surface area contributed by atoms with E-state index in [0.717, 1.165) is 19.4 Å². The van der Waals surface area contributed by atoms with E-state index in [4.69, 9.17) is 34.0 Å². The van der Waals surface area contributed by atoms with Crippen LogP contribution in [0.25, 0.3) is 0 Å². The first-order valence-corrected chi connectivity index (χ1v) is 8.17. The number of hydrogen-bond donors (Lipinski definition) is 3. The summed E-state index contributed by atoms with van der Waals surface area (Å²) >= 11 is 0. The summed E-state index contributed by atoms with van der Waals surface area (Å²) in [6.45, 7) is 8.16. The fourth-order valence-corrected chi connectivity index (χ4v) is 1.82. The standard InChI is InChI=1S/C16H27NO3.C2H2O4/c1-16(2,3)17-11-6-7-12-20-15-13(18-4)9-8-10-14(15)19-5;3-1(4)2(5)6/h8-10,17H,6-7,11-12H2,1-5H3;(H,3,4)(H,5,6). The Morgan fingerprint density at radius 1 is 1.00 bits per heavy atom. The Hall–Kier alpha value is -2.48. The minimum absolute atomic E-state index is 0.173. The molecule has 0 aromatic heterocycles. The van der Waals surface area contributed by atoms with Gasteiger partial charge in [0.1, 0.15) is 0 Å². The van der Waals surface area contributed by atoms with Crippen molar-refractivity contribution in [1.29, 1.82) is 0 Å². The Kier molecular flexibility index (Phi) is 10.8. The second kappa shape index (κ2) is 12.0. The fourth-order valence-electron chi connectivity index (χ4n) is 1.82. The van der Waals surface area contributed by atoms with Crippen molar-refractivity contribution in [2.45, 2.75) is 39.2 Å². The van der Waals surface area contributed by atoms with Crippen LogP contribution < -0.4 is 19.5 Å². The lowest BCUT2D eigenvalue weighted by atomic mass is 10.1. The lowest BCUT2D eigenvalue weighted by Gasteiger charge is -2.20. The minimum Gasteiger partial charge on any atom is -0.493 e. The van der Waals surface area contributed by atoms with Crippen LogP contribution in [0.1, 0.15) is 33.6 Å². The molecule has 8 nitrogen and oxygen atoms in total. The maximum absolute atomic E-state index is 9.10. The van der Waals surface area contributed by atoms with E-state index in [2.05, 4.69) is 26.1 Å². The van der Waals surface area contributed by atoms with Gasteiger partial charge in [0.25, 0.3) is 0 Å². The molecule has 3 N–H and O–H groups in total. The van der Waals surface area contributed by atoms with E-state index in [9.17, 15) is 0 Å². The highest BCUT2D eigenvalue weighted by molar-refractivity contribution is 6.27. The quantitative estimate of drug-likeness (QED) is 0.471. The molecule has 1 aromatic rings. The van der Waals surface area contributed by atoms with Crippen LogP contribution in [0, 0.1) is 0 Å². The Morgan fingerprint density at radius 3 is 1.88 bits per heavy atom. The van der Waals surface area contributed by atoms with Crippen LogP contribution in [-0.2, 0) is 9.59 Å². The molecule has 0 heterocycles. The van der Waals surface area contributed by atoms with Gasteiger partial charge in [0, 0.05) is 5.54 Å². The Balaban J connectivity index is 0.000000896. The van der Waals surface area contributed by atoms with Crippen LogP contribution >= 0.6 is 0 Å². The van der Waals surface area contributed by atoms with Gasteiger partial charge >= 0.3 is 11.9 Å². The van der Waals surface area contributed by atoms with Crippen molar-refractivity contribution in [2.24, 2.45) is 0 Å². The molecule has 0 unspecified atom stereocenters. The van der Waals surface area contributed by atoms with Crippen molar-refractivity contribution in [2.75, 3.05) is 27.4 Å². The third kappa shape index (κ3) is 10.4. The highest BCUT2D eigenvalue weighted by Gasteiger charge is 2.11. The smallest absolute Gasteiger partial charge is 0.414 e. The monoisotopic (exact) mass is 371 g/mol. The normalized spacial score (nSPS) is 10.3. The predicted octanol–water partition coefficient (Wildman–Crippen LogP) is 2.41. The summed E-state index contributed by atoms with van der Waals surface area (Å²) in [4.78, 5) is 18.2. The van der Waals surface area contributed by atoms with Gasteiger partial charge in [-0.15, -0.1) is 0 Å². The van der Waals surface area contributed by atoms with E-state index in [1.165, 1.54) is 0 Å². The third-order valence-corrected chi connectivity index (χ3v) is 3.04. The lowest BCUT2D eigenvalue weighted by Crippen LogP contribution is -2.36. The first kappa shape index (κ1) is 23.5. The van der Waals surface area contributed by atoms with E-state index >= 15 is 0 Å². The molecule has 0 aliphatic rings. The largest absolute Gasteiger partial charge is 0.493 e. The molecule has 0 saturated carbocycles. The van der Waals surface area contributed by atoms with E-state index in [-0.39, 0.29) is 5.54 Å². The van der Waals surface area contributed by atoms with Gasteiger partial charge in [-0.2, -0.15) is 0 Å². The molecule has 0 fully saturated rings. The van der Waals surface area contributed by atoms with Crippen LogP contribution in [0.2, 0.25) is 0 Å². The zero-order valence-electron chi connectivity index (χ0n) is 16.0.